The van der Waals surface area contributed by atoms with Crippen molar-refractivity contribution in [1.82, 2.24) is 10.2 Å². The number of carbonyl (C=O) groups is 2. The van der Waals surface area contributed by atoms with Gasteiger partial charge >= 0.3 is 5.97 Å². The molecule has 1 atom stereocenters. The number of primary amides is 1. The molecule has 1 aromatic rings. The molecule has 1 aromatic heterocycles. The minimum absolute atomic E-state index is 0.000579. The Morgan fingerprint density at radius 2 is 2.24 bits per heavy atom. The van der Waals surface area contributed by atoms with Gasteiger partial charge in [0.25, 0.3) is 5.91 Å². The molecule has 0 spiro atoms. The molecule has 0 radical (unpaired) electrons. The van der Waals surface area contributed by atoms with Crippen LogP contribution in [0.1, 0.15) is 16.9 Å². The minimum atomic E-state index is -1.09. The van der Waals surface area contributed by atoms with Crippen molar-refractivity contribution in [2.24, 2.45) is 5.73 Å². The zero-order valence-electron chi connectivity index (χ0n) is 8.75. The first kappa shape index (κ1) is 12.4. The maximum atomic E-state index is 10.8. The van der Waals surface area contributed by atoms with Crippen molar-refractivity contribution in [3.8, 4) is 12.3 Å². The molecule has 1 heterocycles. The fourth-order valence-corrected chi connectivity index (χ4v) is 1.04. The molecule has 0 aliphatic carbocycles. The summed E-state index contributed by atoms with van der Waals surface area (Å²) in [7, 11) is 0. The van der Waals surface area contributed by atoms with Crippen LogP contribution in [0.15, 0.2) is 12.1 Å². The van der Waals surface area contributed by atoms with Crippen molar-refractivity contribution in [2.45, 2.75) is 12.5 Å². The fraction of sp³-hybridized carbons (Fsp3) is 0.200. The summed E-state index contributed by atoms with van der Waals surface area (Å²) in [6.07, 6.45) is 5.04. The Labute approximate surface area is 97.0 Å². The summed E-state index contributed by atoms with van der Waals surface area (Å²) in [4.78, 5) is 21.5. The van der Waals surface area contributed by atoms with E-state index in [1.807, 2.05) is 0 Å². The number of anilines is 1. The highest BCUT2D eigenvalue weighted by Crippen LogP contribution is 2.05. The van der Waals surface area contributed by atoms with Gasteiger partial charge in [0, 0.05) is 6.42 Å². The number of rotatable bonds is 5. The number of carboxylic acid groups (broad SMARTS) is 1. The topological polar surface area (TPSA) is 118 Å². The highest BCUT2D eigenvalue weighted by Gasteiger charge is 2.16. The lowest BCUT2D eigenvalue weighted by Crippen LogP contribution is -2.29. The lowest BCUT2D eigenvalue weighted by molar-refractivity contribution is -0.137. The maximum absolute atomic E-state index is 10.8. The van der Waals surface area contributed by atoms with Crippen LogP contribution < -0.4 is 11.1 Å². The Balaban J connectivity index is 2.77. The molecule has 88 valence electrons. The van der Waals surface area contributed by atoms with Crippen molar-refractivity contribution in [3.63, 3.8) is 0 Å². The van der Waals surface area contributed by atoms with E-state index in [-0.39, 0.29) is 17.9 Å². The number of nitrogens with zero attached hydrogens (tertiary/aromatic N) is 2. The molecule has 0 aliphatic heterocycles. The van der Waals surface area contributed by atoms with Crippen LogP contribution in [0.3, 0.4) is 0 Å². The molecular formula is C10H10N4O3. The Bertz CT molecular complexity index is 463. The number of amides is 1. The van der Waals surface area contributed by atoms with Crippen LogP contribution in [0.5, 0.6) is 0 Å². The van der Waals surface area contributed by atoms with Gasteiger partial charge in [-0.15, -0.1) is 22.5 Å². The molecule has 1 rings (SSSR count). The van der Waals surface area contributed by atoms with Crippen LogP contribution in [-0.2, 0) is 4.79 Å². The van der Waals surface area contributed by atoms with Crippen molar-refractivity contribution in [3.05, 3.63) is 17.8 Å². The molecular weight excluding hydrogens is 224 g/mol. The fourth-order valence-electron chi connectivity index (χ4n) is 1.04. The number of terminal acetylenes is 1. The Morgan fingerprint density at radius 1 is 1.53 bits per heavy atom. The molecule has 4 N–H and O–H groups in total. The molecule has 0 saturated carbocycles. The molecule has 0 saturated heterocycles. The van der Waals surface area contributed by atoms with Gasteiger partial charge in [0.1, 0.15) is 11.9 Å². The molecule has 7 nitrogen and oxygen atoms in total. The molecule has 0 aromatic carbocycles. The van der Waals surface area contributed by atoms with Crippen LogP contribution in [-0.4, -0.2) is 33.2 Å². The van der Waals surface area contributed by atoms with Crippen molar-refractivity contribution < 1.29 is 14.7 Å². The summed E-state index contributed by atoms with van der Waals surface area (Å²) in [6.45, 7) is 0. The van der Waals surface area contributed by atoms with Gasteiger partial charge in [-0.25, -0.2) is 4.79 Å². The second-order valence-electron chi connectivity index (χ2n) is 3.11. The first-order valence-corrected chi connectivity index (χ1v) is 4.61. The average Bonchev–Trinajstić information content (AvgIpc) is 2.29. The minimum Gasteiger partial charge on any atom is -0.480 e. The van der Waals surface area contributed by atoms with E-state index in [0.29, 0.717) is 0 Å². The van der Waals surface area contributed by atoms with Gasteiger partial charge in [0.05, 0.1) is 0 Å². The smallest absolute Gasteiger partial charge is 0.327 e. The van der Waals surface area contributed by atoms with E-state index in [1.165, 1.54) is 12.1 Å². The number of aromatic nitrogens is 2. The van der Waals surface area contributed by atoms with Gasteiger partial charge in [-0.2, -0.15) is 0 Å². The van der Waals surface area contributed by atoms with Crippen LogP contribution in [0.4, 0.5) is 5.82 Å². The average molecular weight is 234 g/mol. The number of nitrogens with one attached hydrogen (secondary N) is 1. The van der Waals surface area contributed by atoms with E-state index in [4.69, 9.17) is 17.3 Å². The number of carboxylic acids is 1. The maximum Gasteiger partial charge on any atom is 0.327 e. The number of carbonyl (C=O) groups excluding carboxylic acids is 1. The van der Waals surface area contributed by atoms with Crippen LogP contribution >= 0.6 is 0 Å². The quantitative estimate of drug-likeness (QED) is 0.589. The van der Waals surface area contributed by atoms with E-state index in [0.717, 1.165) is 0 Å². The molecule has 17 heavy (non-hydrogen) atoms. The van der Waals surface area contributed by atoms with E-state index in [1.54, 1.807) is 0 Å². The van der Waals surface area contributed by atoms with Crippen molar-refractivity contribution >= 4 is 17.7 Å². The first-order valence-electron chi connectivity index (χ1n) is 4.61. The number of hydrogen-bond donors (Lipinski definition) is 3. The largest absolute Gasteiger partial charge is 0.480 e. The van der Waals surface area contributed by atoms with E-state index in [9.17, 15) is 9.59 Å². The number of nitrogens with two attached hydrogens (primary N) is 1. The molecule has 0 fully saturated rings. The summed E-state index contributed by atoms with van der Waals surface area (Å²) in [5.74, 6) is 0.640. The normalized spacial score (nSPS) is 11.2. The SMILES string of the molecule is C#CCC(Nc1ccc(C(N)=O)nn1)C(=O)O. The third-order valence-electron chi connectivity index (χ3n) is 1.86. The summed E-state index contributed by atoms with van der Waals surface area (Å²) < 4.78 is 0. The molecule has 7 heteroatoms. The first-order chi connectivity index (χ1) is 8.04. The van der Waals surface area contributed by atoms with Crippen LogP contribution in [0.25, 0.3) is 0 Å². The Hall–Kier alpha value is -2.62. The highest BCUT2D eigenvalue weighted by atomic mass is 16.4. The highest BCUT2D eigenvalue weighted by molar-refractivity contribution is 5.90. The third kappa shape index (κ3) is 3.46. The lowest BCUT2D eigenvalue weighted by atomic mass is 10.2. The van der Waals surface area contributed by atoms with Gasteiger partial charge in [0.15, 0.2) is 5.69 Å². The standard InChI is InChI=1S/C10H10N4O3/c1-2-3-7(10(16)17)12-8-5-4-6(9(11)15)13-14-8/h1,4-5,7H,3H2,(H2,11,15)(H,12,14)(H,16,17). The molecule has 1 unspecified atom stereocenters. The summed E-state index contributed by atoms with van der Waals surface area (Å²) >= 11 is 0. The lowest BCUT2D eigenvalue weighted by Gasteiger charge is -2.11. The van der Waals surface area contributed by atoms with Crippen molar-refractivity contribution in [1.29, 1.82) is 0 Å². The van der Waals surface area contributed by atoms with Gasteiger partial charge in [-0.05, 0) is 12.1 Å². The van der Waals surface area contributed by atoms with E-state index < -0.39 is 17.9 Å². The number of hydrogen-bond acceptors (Lipinski definition) is 5. The molecule has 0 bridgehead atoms. The van der Waals surface area contributed by atoms with Crippen LogP contribution in [0, 0.1) is 12.3 Å². The Morgan fingerprint density at radius 3 is 2.65 bits per heavy atom. The van der Waals surface area contributed by atoms with Gasteiger partial charge < -0.3 is 16.2 Å². The second kappa shape index (κ2) is 5.46. The second-order valence-corrected chi connectivity index (χ2v) is 3.11. The predicted octanol–water partition coefficient (Wildman–Crippen LogP) is -0.536. The molecule has 0 aliphatic rings. The zero-order chi connectivity index (χ0) is 12.8. The van der Waals surface area contributed by atoms with Crippen molar-refractivity contribution in [2.75, 3.05) is 5.32 Å². The summed E-state index contributed by atoms with van der Waals surface area (Å²) in [6, 6.07) is 1.79. The summed E-state index contributed by atoms with van der Waals surface area (Å²) in [5.41, 5.74) is 4.98. The Kier molecular flexibility index (Phi) is 4.00. The van der Waals surface area contributed by atoms with Gasteiger partial charge in [0.2, 0.25) is 0 Å². The van der Waals surface area contributed by atoms with E-state index in [2.05, 4.69) is 21.4 Å². The van der Waals surface area contributed by atoms with Gasteiger partial charge in [-0.1, -0.05) is 0 Å². The van der Waals surface area contributed by atoms with E-state index >= 15 is 0 Å². The van der Waals surface area contributed by atoms with Gasteiger partial charge in [-0.3, -0.25) is 4.79 Å². The molecule has 1 amide bonds. The number of aliphatic carboxylic acids is 1. The monoisotopic (exact) mass is 234 g/mol. The summed E-state index contributed by atoms with van der Waals surface area (Å²) in [5, 5.41) is 18.5. The predicted molar refractivity (Wildman–Crippen MR) is 59.0 cm³/mol. The zero-order valence-corrected chi connectivity index (χ0v) is 8.75. The third-order valence-corrected chi connectivity index (χ3v) is 1.86. The van der Waals surface area contributed by atoms with Crippen LogP contribution in [0.2, 0.25) is 0 Å².